The molecule has 1 unspecified atom stereocenters. The molecule has 2 heterocycles. The first-order valence-electron chi connectivity index (χ1n) is 9.76. The predicted molar refractivity (Wildman–Crippen MR) is 111 cm³/mol. The molecule has 1 aliphatic rings. The number of benzene rings is 2. The van der Waals surface area contributed by atoms with Crippen molar-refractivity contribution in [3.63, 3.8) is 0 Å². The van der Waals surface area contributed by atoms with Crippen LogP contribution in [0, 0.1) is 0 Å². The number of carbonyl (C=O) groups excluding carboxylic acids is 1. The summed E-state index contributed by atoms with van der Waals surface area (Å²) < 4.78 is 22.0. The maximum Gasteiger partial charge on any atom is 0.309 e. The van der Waals surface area contributed by atoms with Gasteiger partial charge in [0.1, 0.15) is 18.1 Å². The van der Waals surface area contributed by atoms with Crippen molar-refractivity contribution in [2.24, 2.45) is 0 Å². The molecule has 156 valence electrons. The Balaban J connectivity index is 1.23. The van der Waals surface area contributed by atoms with Crippen LogP contribution in [0.3, 0.4) is 0 Å². The lowest BCUT2D eigenvalue weighted by molar-refractivity contribution is -0.147. The minimum absolute atomic E-state index is 0.0347. The molecule has 0 amide bonds. The SMILES string of the molecule is O=C(CCOc1ccc(Oc2cnc3cc(Cl)ccc3n2)cc1)OCC1CCCO1. The van der Waals surface area contributed by atoms with Crippen molar-refractivity contribution in [1.29, 1.82) is 0 Å². The van der Waals surface area contributed by atoms with Crippen LogP contribution in [-0.2, 0) is 14.3 Å². The fourth-order valence-electron chi connectivity index (χ4n) is 3.03. The fourth-order valence-corrected chi connectivity index (χ4v) is 3.19. The van der Waals surface area contributed by atoms with Crippen molar-refractivity contribution >= 4 is 28.6 Å². The number of carbonyl (C=O) groups is 1. The minimum Gasteiger partial charge on any atom is -0.493 e. The van der Waals surface area contributed by atoms with E-state index in [1.807, 2.05) is 0 Å². The minimum atomic E-state index is -0.290. The molecule has 0 spiro atoms. The molecule has 0 radical (unpaired) electrons. The van der Waals surface area contributed by atoms with E-state index in [-0.39, 0.29) is 25.1 Å². The molecule has 1 fully saturated rings. The normalized spacial score (nSPS) is 15.8. The van der Waals surface area contributed by atoms with Gasteiger partial charge in [0.2, 0.25) is 5.88 Å². The topological polar surface area (TPSA) is 79.8 Å². The van der Waals surface area contributed by atoms with E-state index in [0.29, 0.717) is 40.0 Å². The van der Waals surface area contributed by atoms with E-state index in [4.69, 9.17) is 30.5 Å². The third-order valence-electron chi connectivity index (χ3n) is 4.56. The average molecular weight is 429 g/mol. The number of fused-ring (bicyclic) bond motifs is 1. The Morgan fingerprint density at radius 3 is 2.77 bits per heavy atom. The molecule has 0 bridgehead atoms. The molecule has 8 heteroatoms. The monoisotopic (exact) mass is 428 g/mol. The van der Waals surface area contributed by atoms with E-state index in [1.54, 1.807) is 48.7 Å². The van der Waals surface area contributed by atoms with Crippen molar-refractivity contribution < 1.29 is 23.7 Å². The van der Waals surface area contributed by atoms with E-state index in [1.165, 1.54) is 0 Å². The highest BCUT2D eigenvalue weighted by molar-refractivity contribution is 6.31. The maximum absolute atomic E-state index is 11.8. The lowest BCUT2D eigenvalue weighted by Crippen LogP contribution is -2.19. The summed E-state index contributed by atoms with van der Waals surface area (Å²) in [5.41, 5.74) is 1.40. The second-order valence-electron chi connectivity index (χ2n) is 6.83. The number of halogens is 1. The van der Waals surface area contributed by atoms with Gasteiger partial charge in [0.05, 0.1) is 36.4 Å². The highest BCUT2D eigenvalue weighted by Gasteiger charge is 2.17. The zero-order valence-electron chi connectivity index (χ0n) is 16.3. The van der Waals surface area contributed by atoms with Gasteiger partial charge in [-0.15, -0.1) is 0 Å². The number of ether oxygens (including phenoxy) is 4. The van der Waals surface area contributed by atoms with Crippen molar-refractivity contribution in [2.75, 3.05) is 19.8 Å². The van der Waals surface area contributed by atoms with Crippen LogP contribution in [0.25, 0.3) is 11.0 Å². The third-order valence-corrected chi connectivity index (χ3v) is 4.79. The third kappa shape index (κ3) is 5.58. The number of esters is 1. The zero-order valence-corrected chi connectivity index (χ0v) is 17.0. The number of aromatic nitrogens is 2. The molecule has 3 aromatic rings. The van der Waals surface area contributed by atoms with Crippen LogP contribution in [0.2, 0.25) is 5.02 Å². The Hall–Kier alpha value is -2.90. The number of hydrogen-bond donors (Lipinski definition) is 0. The summed E-state index contributed by atoms with van der Waals surface area (Å²) in [4.78, 5) is 20.5. The van der Waals surface area contributed by atoms with Crippen LogP contribution in [0.15, 0.2) is 48.7 Å². The number of nitrogens with zero attached hydrogens (tertiary/aromatic N) is 2. The van der Waals surface area contributed by atoms with Crippen molar-refractivity contribution in [3.8, 4) is 17.4 Å². The second kappa shape index (κ2) is 9.73. The molecule has 4 rings (SSSR count). The Kier molecular flexibility index (Phi) is 6.61. The van der Waals surface area contributed by atoms with Crippen LogP contribution >= 0.6 is 11.6 Å². The quantitative estimate of drug-likeness (QED) is 0.486. The van der Waals surface area contributed by atoms with E-state index < -0.39 is 0 Å². The lowest BCUT2D eigenvalue weighted by Gasteiger charge is -2.11. The lowest BCUT2D eigenvalue weighted by atomic mass is 10.2. The largest absolute Gasteiger partial charge is 0.493 e. The summed E-state index contributed by atoms with van der Waals surface area (Å²) in [7, 11) is 0. The first kappa shape index (κ1) is 20.4. The van der Waals surface area contributed by atoms with Crippen molar-refractivity contribution in [3.05, 3.63) is 53.7 Å². The summed E-state index contributed by atoms with van der Waals surface area (Å²) in [6.07, 6.45) is 3.73. The molecule has 1 aliphatic heterocycles. The molecule has 2 aromatic carbocycles. The molecule has 1 aromatic heterocycles. The van der Waals surface area contributed by atoms with Crippen LogP contribution in [0.5, 0.6) is 17.4 Å². The van der Waals surface area contributed by atoms with Crippen LogP contribution in [0.4, 0.5) is 0 Å². The standard InChI is InChI=1S/C22H21ClN2O5/c23-15-3-8-19-20(12-15)24-13-21(25-19)30-17-6-4-16(5-7-17)28-11-9-22(26)29-14-18-2-1-10-27-18/h3-8,12-13,18H,1-2,9-11,14H2. The van der Waals surface area contributed by atoms with Crippen molar-refractivity contribution in [2.45, 2.75) is 25.4 Å². The molecule has 0 N–H and O–H groups in total. The van der Waals surface area contributed by atoms with Gasteiger partial charge in [-0.05, 0) is 55.3 Å². The Morgan fingerprint density at radius 2 is 1.97 bits per heavy atom. The first-order valence-corrected chi connectivity index (χ1v) is 10.1. The molecular formula is C22H21ClN2O5. The zero-order chi connectivity index (χ0) is 20.8. The second-order valence-corrected chi connectivity index (χ2v) is 7.27. The van der Waals surface area contributed by atoms with E-state index in [9.17, 15) is 4.79 Å². The highest BCUT2D eigenvalue weighted by Crippen LogP contribution is 2.24. The molecule has 0 saturated carbocycles. The average Bonchev–Trinajstić information content (AvgIpc) is 3.27. The fraction of sp³-hybridized carbons (Fsp3) is 0.318. The molecule has 7 nitrogen and oxygen atoms in total. The molecular weight excluding hydrogens is 408 g/mol. The Labute approximate surface area is 178 Å². The molecule has 1 atom stereocenters. The summed E-state index contributed by atoms with van der Waals surface area (Å²) in [5, 5.41) is 0.608. The number of hydrogen-bond acceptors (Lipinski definition) is 7. The van der Waals surface area contributed by atoms with Gasteiger partial charge in [-0.3, -0.25) is 4.79 Å². The van der Waals surface area contributed by atoms with Crippen molar-refractivity contribution in [1.82, 2.24) is 9.97 Å². The Bertz CT molecular complexity index is 1010. The van der Waals surface area contributed by atoms with Gasteiger partial charge < -0.3 is 18.9 Å². The van der Waals surface area contributed by atoms with Gasteiger partial charge in [-0.25, -0.2) is 9.97 Å². The smallest absolute Gasteiger partial charge is 0.309 e. The number of rotatable bonds is 8. The van der Waals surface area contributed by atoms with Gasteiger partial charge in [0.25, 0.3) is 0 Å². The predicted octanol–water partition coefficient (Wildman–Crippen LogP) is 4.57. The summed E-state index contributed by atoms with van der Waals surface area (Å²) in [5.74, 6) is 1.32. The van der Waals surface area contributed by atoms with Crippen LogP contribution < -0.4 is 9.47 Å². The molecule has 0 aliphatic carbocycles. The van der Waals surface area contributed by atoms with Crippen LogP contribution in [-0.4, -0.2) is 41.9 Å². The van der Waals surface area contributed by atoms with Crippen LogP contribution in [0.1, 0.15) is 19.3 Å². The van der Waals surface area contributed by atoms with Gasteiger partial charge in [-0.1, -0.05) is 11.6 Å². The first-order chi connectivity index (χ1) is 14.7. The van der Waals surface area contributed by atoms with Gasteiger partial charge in [0, 0.05) is 11.6 Å². The van der Waals surface area contributed by atoms with E-state index in [0.717, 1.165) is 19.4 Å². The van der Waals surface area contributed by atoms with Gasteiger partial charge >= 0.3 is 5.97 Å². The van der Waals surface area contributed by atoms with Gasteiger partial charge in [-0.2, -0.15) is 0 Å². The van der Waals surface area contributed by atoms with E-state index >= 15 is 0 Å². The summed E-state index contributed by atoms with van der Waals surface area (Å²) >= 11 is 5.96. The van der Waals surface area contributed by atoms with E-state index in [2.05, 4.69) is 9.97 Å². The highest BCUT2D eigenvalue weighted by atomic mass is 35.5. The Morgan fingerprint density at radius 1 is 1.13 bits per heavy atom. The maximum atomic E-state index is 11.8. The molecule has 30 heavy (non-hydrogen) atoms. The van der Waals surface area contributed by atoms with Gasteiger partial charge in [0.15, 0.2) is 0 Å². The summed E-state index contributed by atoms with van der Waals surface area (Å²) in [6.45, 7) is 1.30. The summed E-state index contributed by atoms with van der Waals surface area (Å²) in [6, 6.07) is 12.4. The molecule has 1 saturated heterocycles.